The first kappa shape index (κ1) is 16.0. The zero-order chi connectivity index (χ0) is 14.4. The number of hydrogen-bond acceptors (Lipinski definition) is 2. The molecule has 1 aromatic rings. The van der Waals surface area contributed by atoms with Gasteiger partial charge in [0.1, 0.15) is 5.75 Å². The molecule has 2 heteroatoms. The van der Waals surface area contributed by atoms with Gasteiger partial charge < -0.3 is 10.1 Å². The van der Waals surface area contributed by atoms with Gasteiger partial charge in [0, 0.05) is 12.1 Å². The minimum Gasteiger partial charge on any atom is -0.491 e. The Morgan fingerprint density at radius 1 is 1.00 bits per heavy atom. The summed E-state index contributed by atoms with van der Waals surface area (Å²) in [6.45, 7) is 13.1. The molecule has 1 aromatic carbocycles. The first-order valence-corrected chi connectivity index (χ1v) is 7.46. The number of benzene rings is 1. The van der Waals surface area contributed by atoms with Crippen molar-refractivity contribution in [1.29, 1.82) is 0 Å². The lowest BCUT2D eigenvalue weighted by Crippen LogP contribution is -2.35. The van der Waals surface area contributed by atoms with Crippen molar-refractivity contribution < 1.29 is 4.74 Å². The minimum atomic E-state index is 0.229. The molecule has 1 rings (SSSR count). The molecule has 0 aliphatic carbocycles. The summed E-state index contributed by atoms with van der Waals surface area (Å²) in [7, 11) is 0. The van der Waals surface area contributed by atoms with Crippen molar-refractivity contribution >= 4 is 0 Å². The summed E-state index contributed by atoms with van der Waals surface area (Å²) in [4.78, 5) is 0. The molecule has 0 fully saturated rings. The van der Waals surface area contributed by atoms with Gasteiger partial charge in [-0.05, 0) is 50.8 Å². The second-order valence-electron chi connectivity index (χ2n) is 5.88. The quantitative estimate of drug-likeness (QED) is 0.778. The third-order valence-electron chi connectivity index (χ3n) is 3.46. The van der Waals surface area contributed by atoms with E-state index >= 15 is 0 Å². The number of hydrogen-bond donors (Lipinski definition) is 1. The summed E-state index contributed by atoms with van der Waals surface area (Å²) >= 11 is 0. The van der Waals surface area contributed by atoms with Gasteiger partial charge in [-0.25, -0.2) is 0 Å². The largest absolute Gasteiger partial charge is 0.491 e. The van der Waals surface area contributed by atoms with Crippen LogP contribution in [0.15, 0.2) is 24.3 Å². The number of rotatable bonds is 7. The summed E-state index contributed by atoms with van der Waals surface area (Å²) in [5.74, 6) is 1.61. The standard InChI is InChI=1S/C17H29NO/c1-7-17(12(2)3)18-14(6)15-8-10-16(11-9-15)19-13(4)5/h8-14,17-18H,7H2,1-6H3. The van der Waals surface area contributed by atoms with Gasteiger partial charge in [-0.3, -0.25) is 0 Å². The first-order chi connectivity index (χ1) is 8.93. The van der Waals surface area contributed by atoms with Crippen molar-refractivity contribution in [2.75, 3.05) is 0 Å². The van der Waals surface area contributed by atoms with Crippen molar-refractivity contribution in [3.05, 3.63) is 29.8 Å². The molecule has 108 valence electrons. The van der Waals surface area contributed by atoms with Crippen LogP contribution in [-0.4, -0.2) is 12.1 Å². The van der Waals surface area contributed by atoms with Crippen LogP contribution in [0, 0.1) is 5.92 Å². The van der Waals surface area contributed by atoms with E-state index in [0.29, 0.717) is 18.0 Å². The number of ether oxygens (including phenoxy) is 1. The Labute approximate surface area is 118 Å². The van der Waals surface area contributed by atoms with Gasteiger partial charge in [0.15, 0.2) is 0 Å². The monoisotopic (exact) mass is 263 g/mol. The maximum Gasteiger partial charge on any atom is 0.119 e. The summed E-state index contributed by atoms with van der Waals surface area (Å²) in [5.41, 5.74) is 1.32. The third-order valence-corrected chi connectivity index (χ3v) is 3.46. The molecule has 2 nitrogen and oxygen atoms in total. The van der Waals surface area contributed by atoms with Crippen LogP contribution in [0.4, 0.5) is 0 Å². The van der Waals surface area contributed by atoms with E-state index in [4.69, 9.17) is 4.74 Å². The van der Waals surface area contributed by atoms with Gasteiger partial charge in [-0.15, -0.1) is 0 Å². The molecule has 0 aliphatic rings. The van der Waals surface area contributed by atoms with E-state index in [1.165, 1.54) is 5.56 Å². The first-order valence-electron chi connectivity index (χ1n) is 7.46. The number of nitrogens with one attached hydrogen (secondary N) is 1. The SMILES string of the molecule is CCC(NC(C)c1ccc(OC(C)C)cc1)C(C)C. The Bertz CT molecular complexity index is 356. The molecule has 0 amide bonds. The van der Waals surface area contributed by atoms with Crippen molar-refractivity contribution in [3.63, 3.8) is 0 Å². The fourth-order valence-corrected chi connectivity index (χ4v) is 2.31. The van der Waals surface area contributed by atoms with E-state index < -0.39 is 0 Å². The molecule has 0 saturated carbocycles. The molecule has 2 unspecified atom stereocenters. The predicted molar refractivity (Wildman–Crippen MR) is 82.7 cm³/mol. The van der Waals surface area contributed by atoms with Crippen LogP contribution in [0.25, 0.3) is 0 Å². The molecule has 0 aliphatic heterocycles. The molecule has 19 heavy (non-hydrogen) atoms. The van der Waals surface area contributed by atoms with Crippen molar-refractivity contribution in [3.8, 4) is 5.75 Å². The van der Waals surface area contributed by atoms with Crippen molar-refractivity contribution in [1.82, 2.24) is 5.32 Å². The van der Waals surface area contributed by atoms with Gasteiger partial charge in [0.25, 0.3) is 0 Å². The molecule has 0 spiro atoms. The van der Waals surface area contributed by atoms with Gasteiger partial charge in [0.05, 0.1) is 6.10 Å². The van der Waals surface area contributed by atoms with Gasteiger partial charge in [-0.2, -0.15) is 0 Å². The molecule has 1 N–H and O–H groups in total. The lowest BCUT2D eigenvalue weighted by molar-refractivity contribution is 0.242. The highest BCUT2D eigenvalue weighted by Crippen LogP contribution is 2.20. The predicted octanol–water partition coefficient (Wildman–Crippen LogP) is 4.56. The Morgan fingerprint density at radius 3 is 2.00 bits per heavy atom. The maximum absolute atomic E-state index is 5.67. The molecule has 0 bridgehead atoms. The van der Waals surface area contributed by atoms with Gasteiger partial charge in [0.2, 0.25) is 0 Å². The van der Waals surface area contributed by atoms with E-state index in [0.717, 1.165) is 12.2 Å². The highest BCUT2D eigenvalue weighted by atomic mass is 16.5. The smallest absolute Gasteiger partial charge is 0.119 e. The Kier molecular flexibility index (Phi) is 6.36. The van der Waals surface area contributed by atoms with Crippen LogP contribution in [-0.2, 0) is 0 Å². The van der Waals surface area contributed by atoms with Crippen LogP contribution >= 0.6 is 0 Å². The average molecular weight is 263 g/mol. The second kappa shape index (κ2) is 7.54. The zero-order valence-electron chi connectivity index (χ0n) is 13.2. The normalized spacial score (nSPS) is 14.7. The van der Waals surface area contributed by atoms with E-state index in [2.05, 4.69) is 57.3 Å². The van der Waals surface area contributed by atoms with E-state index in [1.807, 2.05) is 13.8 Å². The summed E-state index contributed by atoms with van der Waals surface area (Å²) in [6.07, 6.45) is 1.39. The van der Waals surface area contributed by atoms with Crippen LogP contribution in [0.2, 0.25) is 0 Å². The zero-order valence-corrected chi connectivity index (χ0v) is 13.2. The fourth-order valence-electron chi connectivity index (χ4n) is 2.31. The Morgan fingerprint density at radius 2 is 1.58 bits per heavy atom. The summed E-state index contributed by atoms with van der Waals surface area (Å²) in [5, 5.41) is 3.70. The molecule has 0 saturated heterocycles. The topological polar surface area (TPSA) is 21.3 Å². The highest BCUT2D eigenvalue weighted by Gasteiger charge is 2.14. The lowest BCUT2D eigenvalue weighted by atomic mass is 9.99. The van der Waals surface area contributed by atoms with E-state index in [1.54, 1.807) is 0 Å². The third kappa shape index (κ3) is 5.23. The molecular weight excluding hydrogens is 234 g/mol. The average Bonchev–Trinajstić information content (AvgIpc) is 2.35. The summed E-state index contributed by atoms with van der Waals surface area (Å²) < 4.78 is 5.67. The van der Waals surface area contributed by atoms with Gasteiger partial charge >= 0.3 is 0 Å². The maximum atomic E-state index is 5.67. The van der Waals surface area contributed by atoms with Crippen molar-refractivity contribution in [2.24, 2.45) is 5.92 Å². The summed E-state index contributed by atoms with van der Waals surface area (Å²) in [6, 6.07) is 9.38. The van der Waals surface area contributed by atoms with Crippen molar-refractivity contribution in [2.45, 2.75) is 66.2 Å². The minimum absolute atomic E-state index is 0.229. The van der Waals surface area contributed by atoms with Crippen LogP contribution < -0.4 is 10.1 Å². The van der Waals surface area contributed by atoms with Gasteiger partial charge in [-0.1, -0.05) is 32.9 Å². The molecule has 2 atom stereocenters. The molecule has 0 heterocycles. The fraction of sp³-hybridized carbons (Fsp3) is 0.647. The Hall–Kier alpha value is -1.02. The second-order valence-corrected chi connectivity index (χ2v) is 5.88. The van der Waals surface area contributed by atoms with Crippen LogP contribution in [0.1, 0.15) is 59.6 Å². The lowest BCUT2D eigenvalue weighted by Gasteiger charge is -2.25. The molecule has 0 aromatic heterocycles. The Balaban J connectivity index is 2.64. The highest BCUT2D eigenvalue weighted by molar-refractivity contribution is 5.29. The van der Waals surface area contributed by atoms with E-state index in [-0.39, 0.29) is 6.10 Å². The molecular formula is C17H29NO. The van der Waals surface area contributed by atoms with Crippen LogP contribution in [0.5, 0.6) is 5.75 Å². The van der Waals surface area contributed by atoms with E-state index in [9.17, 15) is 0 Å². The van der Waals surface area contributed by atoms with Crippen LogP contribution in [0.3, 0.4) is 0 Å². The molecule has 0 radical (unpaired) electrons.